The number of carbonyl (C=O) groups excluding carboxylic acids is 1. The zero-order chi connectivity index (χ0) is 20.6. The van der Waals surface area contributed by atoms with Crippen molar-refractivity contribution in [2.45, 2.75) is 18.5 Å². The van der Waals surface area contributed by atoms with Crippen LogP contribution in [0.4, 0.5) is 18.9 Å². The van der Waals surface area contributed by atoms with Gasteiger partial charge in [0.2, 0.25) is 5.91 Å². The van der Waals surface area contributed by atoms with Gasteiger partial charge in [-0.25, -0.2) is 0 Å². The third kappa shape index (κ3) is 3.80. The molecule has 29 heavy (non-hydrogen) atoms. The SMILES string of the molecule is COc1ccc(-c2nc(C3CC(=O)N(c4ccc(C(F)(F)F)cc4)C3)no2)cc1. The first kappa shape index (κ1) is 19.0. The fraction of sp³-hybridized carbons (Fsp3) is 0.250. The Morgan fingerprint density at radius 2 is 1.79 bits per heavy atom. The van der Waals surface area contributed by atoms with Crippen molar-refractivity contribution in [1.29, 1.82) is 0 Å². The van der Waals surface area contributed by atoms with E-state index in [1.165, 1.54) is 17.0 Å². The summed E-state index contributed by atoms with van der Waals surface area (Å²) in [6.45, 7) is 0.270. The van der Waals surface area contributed by atoms with Gasteiger partial charge < -0.3 is 14.2 Å². The van der Waals surface area contributed by atoms with Crippen LogP contribution in [-0.4, -0.2) is 29.7 Å². The fourth-order valence-corrected chi connectivity index (χ4v) is 3.21. The Bertz CT molecular complexity index is 1010. The third-order valence-corrected chi connectivity index (χ3v) is 4.78. The summed E-state index contributed by atoms with van der Waals surface area (Å²) in [5.74, 6) is 0.898. The molecule has 150 valence electrons. The van der Waals surface area contributed by atoms with Crippen LogP contribution in [0.3, 0.4) is 0 Å². The van der Waals surface area contributed by atoms with Gasteiger partial charge in [-0.3, -0.25) is 4.79 Å². The third-order valence-electron chi connectivity index (χ3n) is 4.78. The molecule has 1 aliphatic heterocycles. The van der Waals surface area contributed by atoms with Crippen LogP contribution >= 0.6 is 0 Å². The normalized spacial score (nSPS) is 17.0. The second-order valence-corrected chi connectivity index (χ2v) is 6.64. The van der Waals surface area contributed by atoms with E-state index in [-0.39, 0.29) is 24.8 Å². The predicted octanol–water partition coefficient (Wildman–Crippen LogP) is 4.28. The van der Waals surface area contributed by atoms with E-state index < -0.39 is 11.7 Å². The maximum absolute atomic E-state index is 12.7. The van der Waals surface area contributed by atoms with E-state index in [1.54, 1.807) is 31.4 Å². The predicted molar refractivity (Wildman–Crippen MR) is 97.4 cm³/mol. The molecule has 0 bridgehead atoms. The summed E-state index contributed by atoms with van der Waals surface area (Å²) in [7, 11) is 1.57. The monoisotopic (exact) mass is 403 g/mol. The number of nitrogens with zero attached hydrogens (tertiary/aromatic N) is 3. The van der Waals surface area contributed by atoms with Crippen LogP contribution in [0.2, 0.25) is 0 Å². The second-order valence-electron chi connectivity index (χ2n) is 6.64. The summed E-state index contributed by atoms with van der Waals surface area (Å²) in [4.78, 5) is 18.2. The summed E-state index contributed by atoms with van der Waals surface area (Å²) < 4.78 is 48.6. The van der Waals surface area contributed by atoms with E-state index in [4.69, 9.17) is 9.26 Å². The van der Waals surface area contributed by atoms with Gasteiger partial charge in [-0.2, -0.15) is 18.2 Å². The van der Waals surface area contributed by atoms with Crippen LogP contribution in [0.15, 0.2) is 53.1 Å². The number of ether oxygens (including phenoxy) is 1. The van der Waals surface area contributed by atoms with Crippen molar-refractivity contribution in [3.8, 4) is 17.2 Å². The Hall–Kier alpha value is -3.36. The molecule has 6 nitrogen and oxygen atoms in total. The Morgan fingerprint density at radius 1 is 1.10 bits per heavy atom. The number of halogens is 3. The average molecular weight is 403 g/mol. The Labute approximate surface area is 163 Å². The molecule has 1 amide bonds. The molecule has 0 aliphatic carbocycles. The van der Waals surface area contributed by atoms with Crippen LogP contribution in [0.5, 0.6) is 5.75 Å². The molecule has 0 spiro atoms. The summed E-state index contributed by atoms with van der Waals surface area (Å²) in [6.07, 6.45) is -4.26. The first-order chi connectivity index (χ1) is 13.8. The van der Waals surface area contributed by atoms with Crippen molar-refractivity contribution in [2.75, 3.05) is 18.6 Å². The van der Waals surface area contributed by atoms with Crippen molar-refractivity contribution in [3.05, 3.63) is 59.9 Å². The average Bonchev–Trinajstić information content (AvgIpc) is 3.34. The molecule has 0 saturated carbocycles. The molecule has 1 aliphatic rings. The first-order valence-electron chi connectivity index (χ1n) is 8.81. The fourth-order valence-electron chi connectivity index (χ4n) is 3.21. The number of hydrogen-bond acceptors (Lipinski definition) is 5. The number of hydrogen-bond donors (Lipinski definition) is 0. The molecule has 4 rings (SSSR count). The molecular weight excluding hydrogens is 387 g/mol. The lowest BCUT2D eigenvalue weighted by Gasteiger charge is -2.17. The van der Waals surface area contributed by atoms with Gasteiger partial charge >= 0.3 is 6.18 Å². The molecule has 2 heterocycles. The minimum Gasteiger partial charge on any atom is -0.497 e. The van der Waals surface area contributed by atoms with Crippen molar-refractivity contribution in [1.82, 2.24) is 10.1 Å². The van der Waals surface area contributed by atoms with Gasteiger partial charge in [0.05, 0.1) is 12.7 Å². The molecule has 1 atom stereocenters. The lowest BCUT2D eigenvalue weighted by molar-refractivity contribution is -0.137. The molecule has 1 aromatic heterocycles. The van der Waals surface area contributed by atoms with Crippen LogP contribution in [-0.2, 0) is 11.0 Å². The Morgan fingerprint density at radius 3 is 2.41 bits per heavy atom. The minimum absolute atomic E-state index is 0.155. The smallest absolute Gasteiger partial charge is 0.416 e. The number of alkyl halides is 3. The maximum atomic E-state index is 12.7. The Kier molecular flexibility index (Phi) is 4.73. The van der Waals surface area contributed by atoms with E-state index in [2.05, 4.69) is 10.1 Å². The number of aromatic nitrogens is 2. The summed E-state index contributed by atoms with van der Waals surface area (Å²) in [5.41, 5.74) is 0.365. The zero-order valence-electron chi connectivity index (χ0n) is 15.3. The molecule has 1 fully saturated rings. The molecule has 3 aromatic rings. The van der Waals surface area contributed by atoms with Gasteiger partial charge in [0.25, 0.3) is 5.89 Å². The standard InChI is InChI=1S/C20H16F3N3O3/c1-28-16-8-2-12(3-9-16)19-24-18(25-29-19)13-10-17(27)26(11-13)15-6-4-14(5-7-15)20(21,22)23/h2-9,13H,10-11H2,1H3. The van der Waals surface area contributed by atoms with Gasteiger partial charge in [0.1, 0.15) is 5.75 Å². The lowest BCUT2D eigenvalue weighted by Crippen LogP contribution is -2.24. The van der Waals surface area contributed by atoms with E-state index in [1.807, 2.05) is 0 Å². The summed E-state index contributed by atoms with van der Waals surface area (Å²) >= 11 is 0. The Balaban J connectivity index is 1.50. The van der Waals surface area contributed by atoms with Gasteiger partial charge in [0, 0.05) is 30.1 Å². The molecule has 0 radical (unpaired) electrons. The van der Waals surface area contributed by atoms with Gasteiger partial charge in [-0.1, -0.05) is 5.16 Å². The van der Waals surface area contributed by atoms with Gasteiger partial charge in [-0.15, -0.1) is 0 Å². The zero-order valence-corrected chi connectivity index (χ0v) is 15.3. The highest BCUT2D eigenvalue weighted by atomic mass is 19.4. The van der Waals surface area contributed by atoms with E-state index in [0.717, 1.165) is 12.1 Å². The largest absolute Gasteiger partial charge is 0.497 e. The summed E-state index contributed by atoms with van der Waals surface area (Å²) in [6, 6.07) is 11.6. The second kappa shape index (κ2) is 7.23. The van der Waals surface area contributed by atoms with Crippen molar-refractivity contribution in [2.24, 2.45) is 0 Å². The van der Waals surface area contributed by atoms with E-state index in [9.17, 15) is 18.0 Å². The molecule has 1 saturated heterocycles. The van der Waals surface area contributed by atoms with Crippen molar-refractivity contribution in [3.63, 3.8) is 0 Å². The lowest BCUT2D eigenvalue weighted by atomic mass is 10.1. The van der Waals surface area contributed by atoms with Crippen LogP contribution in [0, 0.1) is 0 Å². The number of anilines is 1. The highest BCUT2D eigenvalue weighted by Crippen LogP contribution is 2.34. The number of benzene rings is 2. The van der Waals surface area contributed by atoms with Crippen molar-refractivity contribution >= 4 is 11.6 Å². The number of methoxy groups -OCH3 is 1. The topological polar surface area (TPSA) is 68.5 Å². The molecule has 0 N–H and O–H groups in total. The highest BCUT2D eigenvalue weighted by molar-refractivity contribution is 5.96. The van der Waals surface area contributed by atoms with Crippen molar-refractivity contribution < 1.29 is 27.2 Å². The minimum atomic E-state index is -4.42. The number of rotatable bonds is 4. The van der Waals surface area contributed by atoms with Crippen LogP contribution in [0.25, 0.3) is 11.5 Å². The molecule has 2 aromatic carbocycles. The quantitative estimate of drug-likeness (QED) is 0.650. The molecular formula is C20H16F3N3O3. The number of carbonyl (C=O) groups is 1. The van der Waals surface area contributed by atoms with Crippen LogP contribution < -0.4 is 9.64 Å². The van der Waals surface area contributed by atoms with E-state index >= 15 is 0 Å². The van der Waals surface area contributed by atoms with Gasteiger partial charge in [-0.05, 0) is 48.5 Å². The maximum Gasteiger partial charge on any atom is 0.416 e. The summed E-state index contributed by atoms with van der Waals surface area (Å²) in [5, 5.41) is 3.98. The van der Waals surface area contributed by atoms with Gasteiger partial charge in [0.15, 0.2) is 5.82 Å². The molecule has 9 heteroatoms. The van der Waals surface area contributed by atoms with E-state index in [0.29, 0.717) is 28.7 Å². The van der Waals surface area contributed by atoms with Crippen LogP contribution in [0.1, 0.15) is 23.7 Å². The molecule has 1 unspecified atom stereocenters. The number of amides is 1. The first-order valence-corrected chi connectivity index (χ1v) is 8.81. The highest BCUT2D eigenvalue weighted by Gasteiger charge is 2.35.